The van der Waals surface area contributed by atoms with E-state index in [1.54, 1.807) is 0 Å². The number of alkyl halides is 3. The van der Waals surface area contributed by atoms with Crippen molar-refractivity contribution >= 4 is 11.8 Å². The number of hydrogen-bond acceptors (Lipinski definition) is 2. The molecule has 13 heavy (non-hydrogen) atoms. The lowest BCUT2D eigenvalue weighted by Crippen LogP contribution is -2.08. The van der Waals surface area contributed by atoms with E-state index >= 15 is 0 Å². The molecule has 1 N–H and O–H groups in total. The molecular formula is C8H15F3OS. The van der Waals surface area contributed by atoms with Gasteiger partial charge in [-0.1, -0.05) is 6.92 Å². The first-order chi connectivity index (χ1) is 5.95. The van der Waals surface area contributed by atoms with Crippen molar-refractivity contribution in [2.75, 3.05) is 12.4 Å². The van der Waals surface area contributed by atoms with Crippen LogP contribution in [0.15, 0.2) is 0 Å². The van der Waals surface area contributed by atoms with Crippen LogP contribution in [0.3, 0.4) is 0 Å². The Balaban J connectivity index is 3.25. The molecular weight excluding hydrogens is 201 g/mol. The van der Waals surface area contributed by atoms with Gasteiger partial charge in [-0.2, -0.15) is 24.9 Å². The number of halogens is 3. The van der Waals surface area contributed by atoms with Gasteiger partial charge in [0.2, 0.25) is 0 Å². The largest absolute Gasteiger partial charge is 0.396 e. The van der Waals surface area contributed by atoms with Crippen molar-refractivity contribution in [3.05, 3.63) is 0 Å². The molecule has 1 nitrogen and oxygen atoms in total. The van der Waals surface area contributed by atoms with Crippen LogP contribution in [-0.4, -0.2) is 28.9 Å². The lowest BCUT2D eigenvalue weighted by molar-refractivity contribution is -0.134. The Morgan fingerprint density at radius 2 is 2.00 bits per heavy atom. The van der Waals surface area contributed by atoms with Gasteiger partial charge in [0.15, 0.2) is 0 Å². The van der Waals surface area contributed by atoms with Gasteiger partial charge in [0.25, 0.3) is 0 Å². The van der Waals surface area contributed by atoms with Gasteiger partial charge in [0.1, 0.15) is 0 Å². The first-order valence-electron chi connectivity index (χ1n) is 4.25. The lowest BCUT2D eigenvalue weighted by Gasteiger charge is -2.09. The van der Waals surface area contributed by atoms with Crippen LogP contribution in [0.25, 0.3) is 0 Å². The second kappa shape index (κ2) is 6.54. The van der Waals surface area contributed by atoms with Gasteiger partial charge < -0.3 is 5.11 Å². The molecule has 0 heterocycles. The minimum absolute atomic E-state index is 0.105. The maximum absolute atomic E-state index is 11.7. The average Bonchev–Trinajstić information content (AvgIpc) is 1.97. The molecule has 0 fully saturated rings. The first kappa shape index (κ1) is 13.1. The summed E-state index contributed by atoms with van der Waals surface area (Å²) < 4.78 is 35.0. The predicted octanol–water partition coefficient (Wildman–Crippen LogP) is 2.83. The molecule has 0 radical (unpaired) electrons. The highest BCUT2D eigenvalue weighted by Gasteiger charge is 2.25. The third-order valence-electron chi connectivity index (χ3n) is 1.54. The molecule has 5 heteroatoms. The fourth-order valence-corrected chi connectivity index (χ4v) is 1.81. The molecule has 80 valence electrons. The third kappa shape index (κ3) is 10.0. The van der Waals surface area contributed by atoms with E-state index in [4.69, 9.17) is 5.11 Å². The maximum Gasteiger partial charge on any atom is 0.389 e. The van der Waals surface area contributed by atoms with Crippen molar-refractivity contribution in [2.24, 2.45) is 0 Å². The maximum atomic E-state index is 11.7. The summed E-state index contributed by atoms with van der Waals surface area (Å²) in [6, 6.07) is 0. The third-order valence-corrected chi connectivity index (χ3v) is 2.87. The number of hydrogen-bond donors (Lipinski definition) is 1. The van der Waals surface area contributed by atoms with E-state index in [1.807, 2.05) is 6.92 Å². The van der Waals surface area contributed by atoms with E-state index in [0.717, 1.165) is 0 Å². The Kier molecular flexibility index (Phi) is 6.59. The molecule has 0 bridgehead atoms. The van der Waals surface area contributed by atoms with Gasteiger partial charge in [-0.15, -0.1) is 0 Å². The van der Waals surface area contributed by atoms with Crippen molar-refractivity contribution < 1.29 is 18.3 Å². The zero-order valence-electron chi connectivity index (χ0n) is 7.60. The summed E-state index contributed by atoms with van der Waals surface area (Å²) in [6.07, 6.45) is -3.91. The van der Waals surface area contributed by atoms with Crippen molar-refractivity contribution in [3.8, 4) is 0 Å². The van der Waals surface area contributed by atoms with Crippen molar-refractivity contribution in [1.82, 2.24) is 0 Å². The summed E-state index contributed by atoms with van der Waals surface area (Å²) in [6.45, 7) is 2.02. The molecule has 1 atom stereocenters. The van der Waals surface area contributed by atoms with E-state index in [2.05, 4.69) is 0 Å². The van der Waals surface area contributed by atoms with E-state index < -0.39 is 12.6 Å². The number of aliphatic hydroxyl groups excluding tert-OH is 1. The summed E-state index contributed by atoms with van der Waals surface area (Å²) >= 11 is 1.48. The van der Waals surface area contributed by atoms with Gasteiger partial charge in [-0.25, -0.2) is 0 Å². The van der Waals surface area contributed by atoms with Gasteiger partial charge in [0.05, 0.1) is 0 Å². The molecule has 0 aliphatic rings. The lowest BCUT2D eigenvalue weighted by atomic mass is 10.3. The Morgan fingerprint density at radius 1 is 1.38 bits per heavy atom. The Labute approximate surface area is 80.7 Å². The van der Waals surface area contributed by atoms with E-state index in [1.165, 1.54) is 11.8 Å². The fraction of sp³-hybridized carbons (Fsp3) is 1.00. The van der Waals surface area contributed by atoms with Gasteiger partial charge in [-0.05, 0) is 18.6 Å². The summed E-state index contributed by atoms with van der Waals surface area (Å²) in [5, 5.41) is 8.78. The van der Waals surface area contributed by atoms with Crippen LogP contribution < -0.4 is 0 Å². The van der Waals surface area contributed by atoms with Gasteiger partial charge >= 0.3 is 6.18 Å². The van der Waals surface area contributed by atoms with Crippen molar-refractivity contribution in [1.29, 1.82) is 0 Å². The highest BCUT2D eigenvalue weighted by atomic mass is 32.2. The van der Waals surface area contributed by atoms with E-state index in [9.17, 15) is 13.2 Å². The normalized spacial score (nSPS) is 14.5. The fourth-order valence-electron chi connectivity index (χ4n) is 0.822. The minimum atomic E-state index is -4.03. The standard InChI is InChI=1S/C8H15F3OS/c1-7(3-5-12)13-6-2-4-8(9,10)11/h7,12H,2-6H2,1H3. The second-order valence-electron chi connectivity index (χ2n) is 2.91. The highest BCUT2D eigenvalue weighted by Crippen LogP contribution is 2.24. The molecule has 0 aliphatic heterocycles. The first-order valence-corrected chi connectivity index (χ1v) is 5.30. The smallest absolute Gasteiger partial charge is 0.389 e. The molecule has 0 aromatic rings. The van der Waals surface area contributed by atoms with E-state index in [0.29, 0.717) is 12.2 Å². The van der Waals surface area contributed by atoms with Gasteiger partial charge in [0, 0.05) is 18.3 Å². The van der Waals surface area contributed by atoms with Crippen LogP contribution in [0.5, 0.6) is 0 Å². The summed E-state index contributed by atoms with van der Waals surface area (Å²) in [4.78, 5) is 0. The second-order valence-corrected chi connectivity index (χ2v) is 4.46. The topological polar surface area (TPSA) is 20.2 Å². The summed E-state index contributed by atoms with van der Waals surface area (Å²) in [5.74, 6) is 0.515. The number of aliphatic hydroxyl groups is 1. The highest BCUT2D eigenvalue weighted by molar-refractivity contribution is 7.99. The zero-order valence-corrected chi connectivity index (χ0v) is 8.42. The molecule has 0 rings (SSSR count). The van der Waals surface area contributed by atoms with Crippen LogP contribution >= 0.6 is 11.8 Å². The molecule has 0 aromatic carbocycles. The SMILES string of the molecule is CC(CCO)SCCCC(F)(F)F. The monoisotopic (exact) mass is 216 g/mol. The Morgan fingerprint density at radius 3 is 2.46 bits per heavy atom. The average molecular weight is 216 g/mol. The van der Waals surface area contributed by atoms with Crippen LogP contribution in [0, 0.1) is 0 Å². The summed E-state index contributed by atoms with van der Waals surface area (Å²) in [7, 11) is 0. The Hall–Kier alpha value is 0.100. The zero-order chi connectivity index (χ0) is 10.3. The molecule has 0 amide bonds. The molecule has 1 unspecified atom stereocenters. The molecule has 0 spiro atoms. The van der Waals surface area contributed by atoms with Crippen molar-refractivity contribution in [3.63, 3.8) is 0 Å². The van der Waals surface area contributed by atoms with Crippen LogP contribution in [0.2, 0.25) is 0 Å². The molecule has 0 aliphatic carbocycles. The van der Waals surface area contributed by atoms with Crippen LogP contribution in [0.1, 0.15) is 26.2 Å². The quantitative estimate of drug-likeness (QED) is 0.689. The minimum Gasteiger partial charge on any atom is -0.396 e. The van der Waals surface area contributed by atoms with E-state index in [-0.39, 0.29) is 18.3 Å². The van der Waals surface area contributed by atoms with Crippen LogP contribution in [-0.2, 0) is 0 Å². The van der Waals surface area contributed by atoms with Crippen molar-refractivity contribution in [2.45, 2.75) is 37.6 Å². The number of rotatable bonds is 6. The molecule has 0 saturated carbocycles. The molecule has 0 saturated heterocycles. The summed E-state index contributed by atoms with van der Waals surface area (Å²) in [5.41, 5.74) is 0. The Bertz CT molecular complexity index is 127. The number of thioether (sulfide) groups is 1. The molecule has 0 aromatic heterocycles. The van der Waals surface area contributed by atoms with Crippen LogP contribution in [0.4, 0.5) is 13.2 Å². The predicted molar refractivity (Wildman–Crippen MR) is 48.9 cm³/mol. The van der Waals surface area contributed by atoms with Gasteiger partial charge in [-0.3, -0.25) is 0 Å².